The number of sulfonamides is 1. The zero-order valence-electron chi connectivity index (χ0n) is 18.0. The number of carbonyl (C=O) groups excluding carboxylic acids is 3. The Labute approximate surface area is 196 Å². The molecule has 0 radical (unpaired) electrons. The quantitative estimate of drug-likeness (QED) is 0.611. The molecule has 1 fully saturated rings. The summed E-state index contributed by atoms with van der Waals surface area (Å²) in [6.45, 7) is 3.10. The molecule has 33 heavy (non-hydrogen) atoms. The molecule has 2 aromatic rings. The highest BCUT2D eigenvalue weighted by atomic mass is 35.5. The average molecular weight is 495 g/mol. The van der Waals surface area contributed by atoms with E-state index in [-0.39, 0.29) is 46.3 Å². The molecule has 2 unspecified atom stereocenters. The third kappa shape index (κ3) is 6.17. The molecule has 3 rings (SSSR count). The van der Waals surface area contributed by atoms with Crippen molar-refractivity contribution in [1.82, 2.24) is 9.62 Å². The Morgan fingerprint density at radius 1 is 1.06 bits per heavy atom. The predicted octanol–water partition coefficient (Wildman–Crippen LogP) is 2.25. The standard InChI is InChI=1S/C22H23ClN2O7S/c1-14-11-25(12-15(2)32-14)33(29,30)19-10-17(8-9-18(19)23)22(28)31-13-20(26)24-21(27)16-6-4-3-5-7-16/h3-10,14-15H,11-13H2,1-2H3,(H,24,26,27). The second-order valence-electron chi connectivity index (χ2n) is 7.54. The van der Waals surface area contributed by atoms with Crippen LogP contribution in [0.3, 0.4) is 0 Å². The van der Waals surface area contributed by atoms with E-state index in [2.05, 4.69) is 5.32 Å². The Balaban J connectivity index is 1.67. The lowest BCUT2D eigenvalue weighted by Gasteiger charge is -2.34. The molecule has 0 aliphatic carbocycles. The lowest BCUT2D eigenvalue weighted by molar-refractivity contribution is -0.123. The molecule has 2 atom stereocenters. The topological polar surface area (TPSA) is 119 Å². The number of halogens is 1. The molecule has 1 N–H and O–H groups in total. The van der Waals surface area contributed by atoms with Gasteiger partial charge in [0, 0.05) is 18.7 Å². The summed E-state index contributed by atoms with van der Waals surface area (Å²) in [5.41, 5.74) is 0.172. The molecule has 2 amide bonds. The van der Waals surface area contributed by atoms with Crippen LogP contribution < -0.4 is 5.32 Å². The highest BCUT2D eigenvalue weighted by Crippen LogP contribution is 2.28. The first-order valence-electron chi connectivity index (χ1n) is 10.1. The van der Waals surface area contributed by atoms with Crippen LogP contribution in [-0.2, 0) is 24.3 Å². The molecule has 1 heterocycles. The largest absolute Gasteiger partial charge is 0.452 e. The maximum absolute atomic E-state index is 13.1. The first-order valence-corrected chi connectivity index (χ1v) is 11.9. The van der Waals surface area contributed by atoms with Gasteiger partial charge in [-0.15, -0.1) is 0 Å². The number of nitrogens with zero attached hydrogens (tertiary/aromatic N) is 1. The minimum Gasteiger partial charge on any atom is -0.452 e. The van der Waals surface area contributed by atoms with Crippen molar-refractivity contribution >= 4 is 39.4 Å². The SMILES string of the molecule is CC1CN(S(=O)(=O)c2cc(C(=O)OCC(=O)NC(=O)c3ccccc3)ccc2Cl)CC(C)O1. The van der Waals surface area contributed by atoms with E-state index in [0.717, 1.165) is 6.07 Å². The van der Waals surface area contributed by atoms with Crippen LogP contribution in [0.1, 0.15) is 34.6 Å². The van der Waals surface area contributed by atoms with E-state index in [9.17, 15) is 22.8 Å². The first-order chi connectivity index (χ1) is 15.6. The maximum atomic E-state index is 13.1. The number of amides is 2. The van der Waals surface area contributed by atoms with Gasteiger partial charge in [-0.2, -0.15) is 4.31 Å². The molecule has 11 heteroatoms. The minimum atomic E-state index is -4.00. The zero-order valence-corrected chi connectivity index (χ0v) is 19.6. The summed E-state index contributed by atoms with van der Waals surface area (Å²) in [7, 11) is -4.00. The third-order valence-electron chi connectivity index (χ3n) is 4.79. The molecule has 176 valence electrons. The van der Waals surface area contributed by atoms with Crippen LogP contribution in [0.15, 0.2) is 53.4 Å². The third-order valence-corrected chi connectivity index (χ3v) is 7.11. The highest BCUT2D eigenvalue weighted by Gasteiger charge is 2.34. The van der Waals surface area contributed by atoms with Crippen LogP contribution >= 0.6 is 11.6 Å². The number of esters is 1. The second kappa shape index (κ2) is 10.4. The Morgan fingerprint density at radius 2 is 1.70 bits per heavy atom. The van der Waals surface area contributed by atoms with Gasteiger partial charge in [0.1, 0.15) is 4.90 Å². The summed E-state index contributed by atoms with van der Waals surface area (Å²) >= 11 is 6.13. The van der Waals surface area contributed by atoms with Gasteiger partial charge in [-0.05, 0) is 44.2 Å². The highest BCUT2D eigenvalue weighted by molar-refractivity contribution is 7.89. The minimum absolute atomic E-state index is 0.0513. The maximum Gasteiger partial charge on any atom is 0.338 e. The Morgan fingerprint density at radius 3 is 2.33 bits per heavy atom. The van der Waals surface area contributed by atoms with E-state index in [0.29, 0.717) is 0 Å². The van der Waals surface area contributed by atoms with Gasteiger partial charge in [-0.1, -0.05) is 29.8 Å². The van der Waals surface area contributed by atoms with Crippen molar-refractivity contribution in [3.8, 4) is 0 Å². The summed E-state index contributed by atoms with van der Waals surface area (Å²) in [6.07, 6.45) is -0.597. The fourth-order valence-corrected chi connectivity index (χ4v) is 5.42. The fraction of sp³-hybridized carbons (Fsp3) is 0.318. The number of ether oxygens (including phenoxy) is 2. The lowest BCUT2D eigenvalue weighted by Crippen LogP contribution is -2.48. The predicted molar refractivity (Wildman–Crippen MR) is 119 cm³/mol. The van der Waals surface area contributed by atoms with Gasteiger partial charge in [-0.3, -0.25) is 14.9 Å². The molecular weight excluding hydrogens is 472 g/mol. The van der Waals surface area contributed by atoms with E-state index < -0.39 is 34.4 Å². The van der Waals surface area contributed by atoms with Crippen molar-refractivity contribution < 1.29 is 32.3 Å². The van der Waals surface area contributed by atoms with Crippen LogP contribution in [0.4, 0.5) is 0 Å². The number of morpholine rings is 1. The normalized spacial score (nSPS) is 19.0. The Hall–Kier alpha value is -2.79. The Bertz CT molecular complexity index is 1140. The van der Waals surface area contributed by atoms with Crippen molar-refractivity contribution in [2.24, 2.45) is 0 Å². The van der Waals surface area contributed by atoms with Crippen LogP contribution in [0.25, 0.3) is 0 Å². The van der Waals surface area contributed by atoms with Gasteiger partial charge in [-0.25, -0.2) is 13.2 Å². The number of hydrogen-bond acceptors (Lipinski definition) is 7. The van der Waals surface area contributed by atoms with Gasteiger partial charge in [0.2, 0.25) is 10.0 Å². The average Bonchev–Trinajstić information content (AvgIpc) is 2.77. The van der Waals surface area contributed by atoms with E-state index in [1.807, 2.05) is 0 Å². The number of nitrogens with one attached hydrogen (secondary N) is 1. The lowest BCUT2D eigenvalue weighted by atomic mass is 10.2. The van der Waals surface area contributed by atoms with Crippen LogP contribution in [0, 0.1) is 0 Å². The van der Waals surface area contributed by atoms with Crippen molar-refractivity contribution in [3.63, 3.8) is 0 Å². The molecule has 1 saturated heterocycles. The van der Waals surface area contributed by atoms with E-state index >= 15 is 0 Å². The number of benzene rings is 2. The molecule has 2 aromatic carbocycles. The molecule has 0 saturated carbocycles. The number of rotatable bonds is 6. The van der Waals surface area contributed by atoms with Crippen LogP contribution in [-0.4, -0.2) is 62.4 Å². The molecule has 0 spiro atoms. The Kier molecular flexibility index (Phi) is 7.85. The smallest absolute Gasteiger partial charge is 0.338 e. The monoisotopic (exact) mass is 494 g/mol. The van der Waals surface area contributed by atoms with Crippen molar-refractivity contribution in [2.45, 2.75) is 31.0 Å². The number of hydrogen-bond donors (Lipinski definition) is 1. The van der Waals surface area contributed by atoms with E-state index in [1.165, 1.54) is 28.6 Å². The molecule has 1 aliphatic rings. The van der Waals surface area contributed by atoms with E-state index in [1.54, 1.807) is 32.0 Å². The summed E-state index contributed by atoms with van der Waals surface area (Å²) in [5.74, 6) is -2.39. The van der Waals surface area contributed by atoms with E-state index in [4.69, 9.17) is 21.1 Å². The number of carbonyl (C=O) groups is 3. The van der Waals surface area contributed by atoms with Crippen LogP contribution in [0.5, 0.6) is 0 Å². The van der Waals surface area contributed by atoms with Crippen molar-refractivity contribution in [1.29, 1.82) is 0 Å². The molecule has 1 aliphatic heterocycles. The summed E-state index contributed by atoms with van der Waals surface area (Å²) in [4.78, 5) is 36.1. The van der Waals surface area contributed by atoms with Gasteiger partial charge < -0.3 is 9.47 Å². The molecule has 9 nitrogen and oxygen atoms in total. The molecule has 0 bridgehead atoms. The fourth-order valence-electron chi connectivity index (χ4n) is 3.33. The summed E-state index contributed by atoms with van der Waals surface area (Å²) in [5, 5.41) is 2.06. The number of imide groups is 1. The summed E-state index contributed by atoms with van der Waals surface area (Å²) < 4.78 is 38.0. The zero-order chi connectivity index (χ0) is 24.2. The van der Waals surface area contributed by atoms with Gasteiger partial charge in [0.05, 0.1) is 22.8 Å². The van der Waals surface area contributed by atoms with Crippen molar-refractivity contribution in [3.05, 3.63) is 64.7 Å². The van der Waals surface area contributed by atoms with Gasteiger partial charge in [0.25, 0.3) is 11.8 Å². The van der Waals surface area contributed by atoms with Crippen LogP contribution in [0.2, 0.25) is 5.02 Å². The van der Waals surface area contributed by atoms with Gasteiger partial charge in [0.15, 0.2) is 6.61 Å². The van der Waals surface area contributed by atoms with Crippen molar-refractivity contribution in [2.75, 3.05) is 19.7 Å². The molecular formula is C22H23ClN2O7S. The first kappa shape index (κ1) is 24.8. The summed E-state index contributed by atoms with van der Waals surface area (Å²) in [6, 6.07) is 11.7. The molecule has 0 aromatic heterocycles. The second-order valence-corrected chi connectivity index (χ2v) is 9.86. The van der Waals surface area contributed by atoms with Gasteiger partial charge >= 0.3 is 5.97 Å².